The van der Waals surface area contributed by atoms with Crippen molar-refractivity contribution in [1.82, 2.24) is 24.8 Å². The standard InChI is InChI=1S/C14H19N5O3/c1-18(2)14(21)10-22-9-13(20)15-7-6-12-17-16-11-5-3-4-8-19(11)12/h3-5,8H,6-7,9-10H2,1-2H3,(H,15,20). The summed E-state index contributed by atoms with van der Waals surface area (Å²) in [5.41, 5.74) is 0.773. The Morgan fingerprint density at radius 1 is 1.27 bits per heavy atom. The molecule has 1 N–H and O–H groups in total. The van der Waals surface area contributed by atoms with Crippen molar-refractivity contribution in [2.24, 2.45) is 0 Å². The van der Waals surface area contributed by atoms with Crippen molar-refractivity contribution >= 4 is 17.5 Å². The predicted molar refractivity (Wildman–Crippen MR) is 79.2 cm³/mol. The first kappa shape index (κ1) is 15.9. The zero-order valence-corrected chi connectivity index (χ0v) is 12.7. The Morgan fingerprint density at radius 2 is 2.09 bits per heavy atom. The normalized spacial score (nSPS) is 10.6. The molecule has 2 heterocycles. The van der Waals surface area contributed by atoms with Crippen molar-refractivity contribution in [3.8, 4) is 0 Å². The van der Waals surface area contributed by atoms with Crippen molar-refractivity contribution in [2.45, 2.75) is 6.42 Å². The molecule has 0 radical (unpaired) electrons. The molecule has 0 fully saturated rings. The monoisotopic (exact) mass is 305 g/mol. The number of aromatic nitrogens is 3. The van der Waals surface area contributed by atoms with E-state index in [9.17, 15) is 9.59 Å². The lowest BCUT2D eigenvalue weighted by Gasteiger charge is -2.10. The third-order valence-corrected chi connectivity index (χ3v) is 3.01. The van der Waals surface area contributed by atoms with Gasteiger partial charge in [-0.05, 0) is 12.1 Å². The molecule has 0 spiro atoms. The van der Waals surface area contributed by atoms with Crippen LogP contribution in [0, 0.1) is 0 Å². The molecule has 2 aromatic heterocycles. The maximum Gasteiger partial charge on any atom is 0.248 e. The minimum absolute atomic E-state index is 0.102. The van der Waals surface area contributed by atoms with Gasteiger partial charge in [-0.15, -0.1) is 10.2 Å². The Kier molecular flexibility index (Phi) is 5.42. The minimum atomic E-state index is -0.264. The minimum Gasteiger partial charge on any atom is -0.362 e. The van der Waals surface area contributed by atoms with Gasteiger partial charge in [0.05, 0.1) is 0 Å². The summed E-state index contributed by atoms with van der Waals surface area (Å²) in [6.07, 6.45) is 2.44. The third-order valence-electron chi connectivity index (χ3n) is 3.01. The molecule has 118 valence electrons. The van der Waals surface area contributed by atoms with Crippen LogP contribution in [0.15, 0.2) is 24.4 Å². The van der Waals surface area contributed by atoms with E-state index >= 15 is 0 Å². The summed E-state index contributed by atoms with van der Waals surface area (Å²) in [4.78, 5) is 24.3. The number of likely N-dealkylation sites (N-methyl/N-ethyl adjacent to an activating group) is 1. The van der Waals surface area contributed by atoms with Crippen LogP contribution in [0.25, 0.3) is 5.65 Å². The molecule has 2 rings (SSSR count). The van der Waals surface area contributed by atoms with Crippen LogP contribution in [-0.2, 0) is 20.7 Å². The van der Waals surface area contributed by atoms with Crippen LogP contribution < -0.4 is 5.32 Å². The van der Waals surface area contributed by atoms with Crippen LogP contribution in [0.1, 0.15) is 5.82 Å². The van der Waals surface area contributed by atoms with E-state index in [0.29, 0.717) is 13.0 Å². The van der Waals surface area contributed by atoms with Crippen molar-refractivity contribution in [2.75, 3.05) is 33.9 Å². The number of nitrogens with one attached hydrogen (secondary N) is 1. The maximum absolute atomic E-state index is 11.6. The van der Waals surface area contributed by atoms with Gasteiger partial charge in [0.2, 0.25) is 11.8 Å². The van der Waals surface area contributed by atoms with E-state index in [0.717, 1.165) is 11.5 Å². The highest BCUT2D eigenvalue weighted by atomic mass is 16.5. The second-order valence-corrected chi connectivity index (χ2v) is 4.93. The lowest BCUT2D eigenvalue weighted by Crippen LogP contribution is -2.32. The Hall–Kier alpha value is -2.48. The van der Waals surface area contributed by atoms with Crippen LogP contribution in [0.4, 0.5) is 0 Å². The molecule has 0 saturated carbocycles. The molecule has 0 aliphatic carbocycles. The third kappa shape index (κ3) is 4.26. The first-order chi connectivity index (χ1) is 10.6. The van der Waals surface area contributed by atoms with E-state index in [-0.39, 0.29) is 25.0 Å². The maximum atomic E-state index is 11.6. The summed E-state index contributed by atoms with van der Waals surface area (Å²) in [6, 6.07) is 5.65. The van der Waals surface area contributed by atoms with Gasteiger partial charge in [-0.1, -0.05) is 6.07 Å². The number of pyridine rings is 1. The first-order valence-corrected chi connectivity index (χ1v) is 6.91. The van der Waals surface area contributed by atoms with Crippen LogP contribution in [0.5, 0.6) is 0 Å². The van der Waals surface area contributed by atoms with Crippen molar-refractivity contribution in [1.29, 1.82) is 0 Å². The number of nitrogens with zero attached hydrogens (tertiary/aromatic N) is 4. The zero-order valence-electron chi connectivity index (χ0n) is 12.7. The SMILES string of the molecule is CN(C)C(=O)COCC(=O)NCCc1nnc2ccccn12. The second kappa shape index (κ2) is 7.51. The number of ether oxygens (including phenoxy) is 1. The summed E-state index contributed by atoms with van der Waals surface area (Å²) in [7, 11) is 3.27. The summed E-state index contributed by atoms with van der Waals surface area (Å²) in [6.45, 7) is 0.189. The summed E-state index contributed by atoms with van der Waals surface area (Å²) in [5, 5.41) is 10.8. The fourth-order valence-electron chi connectivity index (χ4n) is 1.79. The van der Waals surface area contributed by atoms with Gasteiger partial charge in [0.25, 0.3) is 0 Å². The quantitative estimate of drug-likeness (QED) is 0.744. The van der Waals surface area contributed by atoms with E-state index in [1.54, 1.807) is 14.1 Å². The lowest BCUT2D eigenvalue weighted by atomic mass is 10.4. The van der Waals surface area contributed by atoms with E-state index in [2.05, 4.69) is 15.5 Å². The van der Waals surface area contributed by atoms with Crippen LogP contribution >= 0.6 is 0 Å². The molecule has 0 unspecified atom stereocenters. The second-order valence-electron chi connectivity index (χ2n) is 4.93. The Labute approximate surface area is 128 Å². The van der Waals surface area contributed by atoms with Gasteiger partial charge >= 0.3 is 0 Å². The summed E-state index contributed by atoms with van der Waals surface area (Å²) < 4.78 is 6.91. The number of carbonyl (C=O) groups excluding carboxylic acids is 2. The fourth-order valence-corrected chi connectivity index (χ4v) is 1.79. The molecule has 0 aromatic carbocycles. The van der Waals surface area contributed by atoms with Gasteiger partial charge in [0.15, 0.2) is 5.65 Å². The molecule has 8 heteroatoms. The molecule has 0 aliphatic rings. The molecule has 0 atom stereocenters. The number of fused-ring (bicyclic) bond motifs is 1. The summed E-state index contributed by atoms with van der Waals surface area (Å²) in [5.74, 6) is 0.336. The number of hydrogen-bond acceptors (Lipinski definition) is 5. The van der Waals surface area contributed by atoms with E-state index in [1.165, 1.54) is 4.90 Å². The number of carbonyl (C=O) groups is 2. The molecule has 22 heavy (non-hydrogen) atoms. The highest BCUT2D eigenvalue weighted by Gasteiger charge is 2.08. The van der Waals surface area contributed by atoms with Gasteiger partial charge in [0.1, 0.15) is 19.0 Å². The van der Waals surface area contributed by atoms with Gasteiger partial charge in [-0.2, -0.15) is 0 Å². The van der Waals surface area contributed by atoms with Gasteiger partial charge in [-0.25, -0.2) is 0 Å². The highest BCUT2D eigenvalue weighted by molar-refractivity contribution is 5.79. The molecule has 2 amide bonds. The van der Waals surface area contributed by atoms with Crippen molar-refractivity contribution < 1.29 is 14.3 Å². The number of amides is 2. The average Bonchev–Trinajstić information content (AvgIpc) is 2.90. The van der Waals surface area contributed by atoms with E-state index < -0.39 is 0 Å². The largest absolute Gasteiger partial charge is 0.362 e. The molecule has 8 nitrogen and oxygen atoms in total. The predicted octanol–water partition coefficient (Wildman–Crippen LogP) is -0.507. The smallest absolute Gasteiger partial charge is 0.248 e. The van der Waals surface area contributed by atoms with E-state index in [1.807, 2.05) is 28.8 Å². The van der Waals surface area contributed by atoms with Crippen molar-refractivity contribution in [3.05, 3.63) is 30.2 Å². The molecule has 0 saturated heterocycles. The zero-order chi connectivity index (χ0) is 15.9. The first-order valence-electron chi connectivity index (χ1n) is 6.91. The Balaban J connectivity index is 1.70. The van der Waals surface area contributed by atoms with Crippen molar-refractivity contribution in [3.63, 3.8) is 0 Å². The fraction of sp³-hybridized carbons (Fsp3) is 0.429. The number of rotatable bonds is 7. The molecule has 0 aliphatic heterocycles. The van der Waals surface area contributed by atoms with E-state index in [4.69, 9.17) is 4.74 Å². The molecular formula is C14H19N5O3. The van der Waals surface area contributed by atoms with Gasteiger partial charge in [0, 0.05) is 33.3 Å². The van der Waals surface area contributed by atoms with Gasteiger partial charge < -0.3 is 15.0 Å². The Morgan fingerprint density at radius 3 is 2.86 bits per heavy atom. The van der Waals surface area contributed by atoms with Crippen LogP contribution in [0.2, 0.25) is 0 Å². The molecule has 0 bridgehead atoms. The van der Waals surface area contributed by atoms with Crippen LogP contribution in [0.3, 0.4) is 0 Å². The topological polar surface area (TPSA) is 88.8 Å². The van der Waals surface area contributed by atoms with Crippen LogP contribution in [-0.4, -0.2) is 65.2 Å². The average molecular weight is 305 g/mol. The molecular weight excluding hydrogens is 286 g/mol. The highest BCUT2D eigenvalue weighted by Crippen LogP contribution is 2.02. The summed E-state index contributed by atoms with van der Waals surface area (Å²) >= 11 is 0. The lowest BCUT2D eigenvalue weighted by molar-refractivity contribution is -0.136. The molecule has 2 aromatic rings. The van der Waals surface area contributed by atoms with Gasteiger partial charge in [-0.3, -0.25) is 14.0 Å². The number of hydrogen-bond donors (Lipinski definition) is 1. The Bertz CT molecular complexity index is 653.